The smallest absolute Gasteiger partial charge is 0.129 e. The number of nitriles is 1. The van der Waals surface area contributed by atoms with Crippen LogP contribution < -0.4 is 11.1 Å². The molecule has 3 N–H and O–H groups in total. The Morgan fingerprint density at radius 2 is 2.12 bits per heavy atom. The molecular formula is C12H9ClN4. The first kappa shape index (κ1) is 11.2. The maximum atomic E-state index is 8.72. The van der Waals surface area contributed by atoms with Crippen LogP contribution in [0.3, 0.4) is 0 Å². The molecule has 0 aliphatic carbocycles. The zero-order chi connectivity index (χ0) is 12.3. The van der Waals surface area contributed by atoms with Crippen molar-refractivity contribution in [3.8, 4) is 6.07 Å². The molecule has 0 bridgehead atoms. The molecule has 1 aromatic heterocycles. The van der Waals surface area contributed by atoms with E-state index >= 15 is 0 Å². The van der Waals surface area contributed by atoms with E-state index in [0.717, 1.165) is 11.4 Å². The van der Waals surface area contributed by atoms with Crippen molar-refractivity contribution in [2.45, 2.75) is 0 Å². The first-order valence-corrected chi connectivity index (χ1v) is 5.25. The van der Waals surface area contributed by atoms with Gasteiger partial charge >= 0.3 is 0 Å². The summed E-state index contributed by atoms with van der Waals surface area (Å²) in [6.07, 6.45) is 1.61. The number of pyridine rings is 1. The first-order valence-electron chi connectivity index (χ1n) is 4.87. The predicted octanol–water partition coefficient (Wildman–Crippen LogP) is 2.93. The number of nitrogens with two attached hydrogens (primary N) is 1. The number of rotatable bonds is 2. The molecule has 0 aliphatic rings. The molecule has 1 aromatic carbocycles. The van der Waals surface area contributed by atoms with Crippen molar-refractivity contribution < 1.29 is 0 Å². The zero-order valence-electron chi connectivity index (χ0n) is 8.81. The minimum absolute atomic E-state index is 0.434. The molecule has 2 rings (SSSR count). The van der Waals surface area contributed by atoms with Crippen LogP contribution >= 0.6 is 11.6 Å². The Kier molecular flexibility index (Phi) is 3.12. The number of hydrogen-bond donors (Lipinski definition) is 2. The maximum absolute atomic E-state index is 8.72. The van der Waals surface area contributed by atoms with Crippen molar-refractivity contribution in [2.75, 3.05) is 11.1 Å². The van der Waals surface area contributed by atoms with Crippen LogP contribution in [0.1, 0.15) is 5.56 Å². The number of nitrogens with one attached hydrogen (secondary N) is 1. The highest BCUT2D eigenvalue weighted by Crippen LogP contribution is 2.24. The zero-order valence-corrected chi connectivity index (χ0v) is 9.57. The van der Waals surface area contributed by atoms with E-state index in [4.69, 9.17) is 22.6 Å². The van der Waals surface area contributed by atoms with Gasteiger partial charge in [-0.1, -0.05) is 11.6 Å². The number of hydrogen-bond acceptors (Lipinski definition) is 4. The standard InChI is InChI=1S/C12H9ClN4/c13-12-4-2-9(7-16-12)17-11-3-1-8(6-14)5-10(11)15/h1-5,7,17H,15H2. The van der Waals surface area contributed by atoms with Crippen molar-refractivity contribution in [3.05, 3.63) is 47.2 Å². The van der Waals surface area contributed by atoms with E-state index < -0.39 is 0 Å². The normalized spacial score (nSPS) is 9.65. The number of benzene rings is 1. The molecule has 0 fully saturated rings. The van der Waals surface area contributed by atoms with Gasteiger partial charge in [0.2, 0.25) is 0 Å². The van der Waals surface area contributed by atoms with Crippen molar-refractivity contribution in [3.63, 3.8) is 0 Å². The van der Waals surface area contributed by atoms with Gasteiger partial charge in [-0.05, 0) is 30.3 Å². The lowest BCUT2D eigenvalue weighted by Gasteiger charge is -2.08. The minimum Gasteiger partial charge on any atom is -0.397 e. The van der Waals surface area contributed by atoms with Crippen molar-refractivity contribution in [1.82, 2.24) is 4.98 Å². The number of anilines is 3. The molecule has 0 amide bonds. The van der Waals surface area contributed by atoms with Crippen LogP contribution in [-0.4, -0.2) is 4.98 Å². The van der Waals surface area contributed by atoms with E-state index in [9.17, 15) is 0 Å². The fraction of sp³-hybridized carbons (Fsp3) is 0. The lowest BCUT2D eigenvalue weighted by molar-refractivity contribution is 1.32. The van der Waals surface area contributed by atoms with Gasteiger partial charge in [-0.15, -0.1) is 0 Å². The monoisotopic (exact) mass is 244 g/mol. The van der Waals surface area contributed by atoms with Gasteiger partial charge < -0.3 is 11.1 Å². The van der Waals surface area contributed by atoms with Gasteiger partial charge in [0.05, 0.1) is 34.9 Å². The highest BCUT2D eigenvalue weighted by molar-refractivity contribution is 6.29. The third kappa shape index (κ3) is 2.65. The van der Waals surface area contributed by atoms with Crippen molar-refractivity contribution in [2.24, 2.45) is 0 Å². The molecule has 84 valence electrons. The second-order valence-electron chi connectivity index (χ2n) is 3.41. The van der Waals surface area contributed by atoms with Gasteiger partial charge in [-0.2, -0.15) is 5.26 Å². The summed E-state index contributed by atoms with van der Waals surface area (Å²) in [7, 11) is 0. The van der Waals surface area contributed by atoms with Crippen molar-refractivity contribution in [1.29, 1.82) is 5.26 Å². The number of nitrogen functional groups attached to an aromatic ring is 1. The number of halogens is 1. The fourth-order valence-electron chi connectivity index (χ4n) is 1.35. The van der Waals surface area contributed by atoms with E-state index in [1.807, 2.05) is 6.07 Å². The summed E-state index contributed by atoms with van der Waals surface area (Å²) in [4.78, 5) is 3.95. The third-order valence-electron chi connectivity index (χ3n) is 2.19. The van der Waals surface area contributed by atoms with Gasteiger partial charge in [0, 0.05) is 0 Å². The summed E-state index contributed by atoms with van der Waals surface area (Å²) < 4.78 is 0. The predicted molar refractivity (Wildman–Crippen MR) is 68.1 cm³/mol. The topological polar surface area (TPSA) is 74.7 Å². The molecule has 2 aromatic rings. The lowest BCUT2D eigenvalue weighted by atomic mass is 10.2. The van der Waals surface area contributed by atoms with Crippen LogP contribution in [0.4, 0.5) is 17.1 Å². The molecule has 0 radical (unpaired) electrons. The maximum Gasteiger partial charge on any atom is 0.129 e. The van der Waals surface area contributed by atoms with Gasteiger partial charge in [0.15, 0.2) is 0 Å². The summed E-state index contributed by atoms with van der Waals surface area (Å²) in [6.45, 7) is 0. The van der Waals surface area contributed by atoms with Crippen LogP contribution in [0.25, 0.3) is 0 Å². The lowest BCUT2D eigenvalue weighted by Crippen LogP contribution is -1.97. The van der Waals surface area contributed by atoms with Crippen LogP contribution in [0, 0.1) is 11.3 Å². The summed E-state index contributed by atoms with van der Waals surface area (Å²) in [5, 5.41) is 12.3. The van der Waals surface area contributed by atoms with Crippen LogP contribution in [0.2, 0.25) is 5.15 Å². The van der Waals surface area contributed by atoms with E-state index in [2.05, 4.69) is 10.3 Å². The van der Waals surface area contributed by atoms with E-state index in [1.165, 1.54) is 0 Å². The molecule has 0 saturated heterocycles. The fourth-order valence-corrected chi connectivity index (χ4v) is 1.46. The van der Waals surface area contributed by atoms with Gasteiger partial charge in [0.1, 0.15) is 5.15 Å². The minimum atomic E-state index is 0.434. The summed E-state index contributed by atoms with van der Waals surface area (Å²) in [5.41, 5.74) is 8.37. The molecule has 17 heavy (non-hydrogen) atoms. The van der Waals surface area contributed by atoms with Crippen LogP contribution in [-0.2, 0) is 0 Å². The Hall–Kier alpha value is -2.25. The van der Waals surface area contributed by atoms with Gasteiger partial charge in [-0.25, -0.2) is 4.98 Å². The highest BCUT2D eigenvalue weighted by atomic mass is 35.5. The Morgan fingerprint density at radius 1 is 1.29 bits per heavy atom. The summed E-state index contributed by atoms with van der Waals surface area (Å²) in [6, 6.07) is 10.6. The van der Waals surface area contributed by atoms with Crippen LogP contribution in [0.15, 0.2) is 36.5 Å². The molecule has 4 nitrogen and oxygen atoms in total. The SMILES string of the molecule is N#Cc1ccc(Nc2ccc(Cl)nc2)c(N)c1. The summed E-state index contributed by atoms with van der Waals surface area (Å²) >= 11 is 5.69. The molecule has 0 aliphatic heterocycles. The highest BCUT2D eigenvalue weighted by Gasteiger charge is 2.01. The molecule has 0 unspecified atom stereocenters. The van der Waals surface area contributed by atoms with E-state index in [0.29, 0.717) is 16.4 Å². The average Bonchev–Trinajstić information content (AvgIpc) is 2.34. The molecule has 1 heterocycles. The Balaban J connectivity index is 2.25. The average molecular weight is 245 g/mol. The second kappa shape index (κ2) is 4.73. The number of aromatic nitrogens is 1. The Morgan fingerprint density at radius 3 is 2.71 bits per heavy atom. The number of nitrogens with zero attached hydrogens (tertiary/aromatic N) is 2. The Labute approximate surface area is 104 Å². The third-order valence-corrected chi connectivity index (χ3v) is 2.41. The quantitative estimate of drug-likeness (QED) is 0.629. The summed E-state index contributed by atoms with van der Waals surface area (Å²) in [5.74, 6) is 0. The molecule has 0 atom stereocenters. The molecule has 5 heteroatoms. The van der Waals surface area contributed by atoms with Gasteiger partial charge in [0.25, 0.3) is 0 Å². The molecular weight excluding hydrogens is 236 g/mol. The largest absolute Gasteiger partial charge is 0.397 e. The van der Waals surface area contributed by atoms with E-state index in [1.54, 1.807) is 36.5 Å². The molecule has 0 saturated carbocycles. The van der Waals surface area contributed by atoms with Gasteiger partial charge in [-0.3, -0.25) is 0 Å². The van der Waals surface area contributed by atoms with Crippen molar-refractivity contribution >= 4 is 28.7 Å². The van der Waals surface area contributed by atoms with E-state index in [-0.39, 0.29) is 0 Å². The Bertz CT molecular complexity index is 572. The van der Waals surface area contributed by atoms with Crippen LogP contribution in [0.5, 0.6) is 0 Å². The second-order valence-corrected chi connectivity index (χ2v) is 3.80. The molecule has 0 spiro atoms. The first-order chi connectivity index (χ1) is 8.19.